The van der Waals surface area contributed by atoms with Crippen molar-refractivity contribution in [1.29, 1.82) is 0 Å². The third-order valence-electron chi connectivity index (χ3n) is 2.74. The Morgan fingerprint density at radius 1 is 1.25 bits per heavy atom. The lowest BCUT2D eigenvalue weighted by molar-refractivity contribution is 0.376. The van der Waals surface area contributed by atoms with E-state index in [0.29, 0.717) is 23.2 Å². The van der Waals surface area contributed by atoms with Crippen LogP contribution in [0.1, 0.15) is 32.2 Å². The molecule has 0 atom stereocenters. The Morgan fingerprint density at radius 3 is 2.55 bits per heavy atom. The minimum absolute atomic E-state index is 0.0917. The van der Waals surface area contributed by atoms with Crippen molar-refractivity contribution in [2.75, 3.05) is 7.11 Å². The van der Waals surface area contributed by atoms with Gasteiger partial charge in [-0.25, -0.2) is 0 Å². The van der Waals surface area contributed by atoms with Gasteiger partial charge in [-0.3, -0.25) is 0 Å². The van der Waals surface area contributed by atoms with Crippen LogP contribution in [-0.4, -0.2) is 16.5 Å². The molecule has 5 nitrogen and oxygen atoms in total. The van der Waals surface area contributed by atoms with Crippen LogP contribution in [-0.2, 0) is 12.0 Å². The third-order valence-corrected chi connectivity index (χ3v) is 3.33. The van der Waals surface area contributed by atoms with Gasteiger partial charge in [0.25, 0.3) is 5.19 Å². The Kier molecular flexibility index (Phi) is 4.25. The van der Waals surface area contributed by atoms with E-state index in [4.69, 9.17) is 15.2 Å². The van der Waals surface area contributed by atoms with Gasteiger partial charge in [0.1, 0.15) is 0 Å². The standard InChI is InChI=1S/C14H19N3O2S/c1-14(2,3)12-16-13(20-17-12)19-10-6-5-9(8-15)7-11(10)18-4/h5-7H,8,15H2,1-4H3. The van der Waals surface area contributed by atoms with Gasteiger partial charge >= 0.3 is 0 Å². The molecule has 0 radical (unpaired) electrons. The van der Waals surface area contributed by atoms with Crippen molar-refractivity contribution in [1.82, 2.24) is 9.36 Å². The van der Waals surface area contributed by atoms with Crippen LogP contribution in [0.15, 0.2) is 18.2 Å². The van der Waals surface area contributed by atoms with E-state index in [-0.39, 0.29) is 5.41 Å². The summed E-state index contributed by atoms with van der Waals surface area (Å²) in [5, 5.41) is 0.508. The predicted molar refractivity (Wildman–Crippen MR) is 79.6 cm³/mol. The minimum atomic E-state index is -0.0917. The second-order valence-corrected chi connectivity index (χ2v) is 6.14. The van der Waals surface area contributed by atoms with Crippen molar-refractivity contribution in [2.24, 2.45) is 5.73 Å². The van der Waals surface area contributed by atoms with E-state index in [9.17, 15) is 0 Å². The van der Waals surface area contributed by atoms with Gasteiger partial charge in [-0.1, -0.05) is 26.8 Å². The first-order valence-electron chi connectivity index (χ1n) is 6.33. The zero-order valence-electron chi connectivity index (χ0n) is 12.1. The molecule has 6 heteroatoms. The Labute approximate surface area is 122 Å². The van der Waals surface area contributed by atoms with E-state index in [1.54, 1.807) is 7.11 Å². The van der Waals surface area contributed by atoms with Crippen molar-refractivity contribution in [3.05, 3.63) is 29.6 Å². The molecule has 108 valence electrons. The minimum Gasteiger partial charge on any atom is -0.493 e. The van der Waals surface area contributed by atoms with Crippen LogP contribution in [0.25, 0.3) is 0 Å². The lowest BCUT2D eigenvalue weighted by Crippen LogP contribution is -2.12. The molecule has 2 aromatic rings. The number of hydrogen-bond donors (Lipinski definition) is 1. The zero-order valence-corrected chi connectivity index (χ0v) is 13.0. The number of methoxy groups -OCH3 is 1. The number of rotatable bonds is 4. The summed E-state index contributed by atoms with van der Waals surface area (Å²) in [6.07, 6.45) is 0. The summed E-state index contributed by atoms with van der Waals surface area (Å²) < 4.78 is 15.4. The first-order chi connectivity index (χ1) is 9.44. The first-order valence-corrected chi connectivity index (χ1v) is 7.10. The van der Waals surface area contributed by atoms with E-state index in [2.05, 4.69) is 30.1 Å². The summed E-state index contributed by atoms with van der Waals surface area (Å²) in [6, 6.07) is 5.60. The van der Waals surface area contributed by atoms with Gasteiger partial charge in [-0.05, 0) is 17.7 Å². The summed E-state index contributed by atoms with van der Waals surface area (Å²) >= 11 is 1.24. The van der Waals surface area contributed by atoms with Crippen molar-refractivity contribution >= 4 is 11.5 Å². The largest absolute Gasteiger partial charge is 0.493 e. The normalized spacial score (nSPS) is 11.4. The van der Waals surface area contributed by atoms with Gasteiger partial charge in [-0.2, -0.15) is 9.36 Å². The van der Waals surface area contributed by atoms with Gasteiger partial charge in [0.2, 0.25) is 0 Å². The molecule has 2 N–H and O–H groups in total. The molecule has 1 aromatic heterocycles. The molecular weight excluding hydrogens is 274 g/mol. The van der Waals surface area contributed by atoms with Crippen LogP contribution in [0.4, 0.5) is 0 Å². The van der Waals surface area contributed by atoms with Gasteiger partial charge in [0.05, 0.1) is 7.11 Å². The van der Waals surface area contributed by atoms with E-state index in [1.807, 2.05) is 18.2 Å². The maximum Gasteiger partial charge on any atom is 0.298 e. The molecule has 0 unspecified atom stereocenters. The van der Waals surface area contributed by atoms with Crippen molar-refractivity contribution in [3.8, 4) is 16.7 Å². The van der Waals surface area contributed by atoms with E-state index >= 15 is 0 Å². The molecule has 0 aliphatic heterocycles. The van der Waals surface area contributed by atoms with Crippen LogP contribution in [0.3, 0.4) is 0 Å². The summed E-state index contributed by atoms with van der Waals surface area (Å²) in [7, 11) is 1.60. The molecule has 20 heavy (non-hydrogen) atoms. The van der Waals surface area contributed by atoms with Crippen LogP contribution in [0, 0.1) is 0 Å². The molecule has 1 heterocycles. The van der Waals surface area contributed by atoms with E-state index in [1.165, 1.54) is 11.5 Å². The summed E-state index contributed by atoms with van der Waals surface area (Å²) in [4.78, 5) is 4.40. The fourth-order valence-corrected chi connectivity index (χ4v) is 2.31. The fourth-order valence-electron chi connectivity index (χ4n) is 1.57. The molecule has 1 aromatic carbocycles. The van der Waals surface area contributed by atoms with Gasteiger partial charge in [0, 0.05) is 23.5 Å². The molecule has 0 saturated carbocycles. The third kappa shape index (κ3) is 3.26. The monoisotopic (exact) mass is 293 g/mol. The fraction of sp³-hybridized carbons (Fsp3) is 0.429. The lowest BCUT2D eigenvalue weighted by atomic mass is 9.96. The molecular formula is C14H19N3O2S. The smallest absolute Gasteiger partial charge is 0.298 e. The average Bonchev–Trinajstić information content (AvgIpc) is 2.87. The SMILES string of the molecule is COc1cc(CN)ccc1Oc1nc(C(C)(C)C)ns1. The Hall–Kier alpha value is -1.66. The molecule has 0 aliphatic rings. The summed E-state index contributed by atoms with van der Waals surface area (Å²) in [5.41, 5.74) is 6.51. The molecule has 0 amide bonds. The predicted octanol–water partition coefficient (Wildman–Crippen LogP) is 3.10. The van der Waals surface area contributed by atoms with Crippen LogP contribution >= 0.6 is 11.5 Å². The molecule has 0 saturated heterocycles. The van der Waals surface area contributed by atoms with Gasteiger partial charge < -0.3 is 15.2 Å². The Bertz CT molecular complexity index is 590. The van der Waals surface area contributed by atoms with Crippen LogP contribution in [0.5, 0.6) is 16.7 Å². The van der Waals surface area contributed by atoms with Crippen molar-refractivity contribution in [3.63, 3.8) is 0 Å². The average molecular weight is 293 g/mol. The number of hydrogen-bond acceptors (Lipinski definition) is 6. The maximum absolute atomic E-state index is 5.75. The molecule has 2 rings (SSSR count). The summed E-state index contributed by atoms with van der Waals surface area (Å²) in [5.74, 6) is 2.02. The highest BCUT2D eigenvalue weighted by Gasteiger charge is 2.20. The number of benzene rings is 1. The number of ether oxygens (including phenoxy) is 2. The topological polar surface area (TPSA) is 70.3 Å². The highest BCUT2D eigenvalue weighted by molar-refractivity contribution is 7.07. The highest BCUT2D eigenvalue weighted by atomic mass is 32.1. The number of aromatic nitrogens is 2. The zero-order chi connectivity index (χ0) is 14.8. The Balaban J connectivity index is 2.23. The highest BCUT2D eigenvalue weighted by Crippen LogP contribution is 2.34. The van der Waals surface area contributed by atoms with Gasteiger partial charge in [0.15, 0.2) is 17.3 Å². The second-order valence-electron chi connectivity index (χ2n) is 5.43. The van der Waals surface area contributed by atoms with E-state index < -0.39 is 0 Å². The van der Waals surface area contributed by atoms with Crippen LogP contribution in [0.2, 0.25) is 0 Å². The van der Waals surface area contributed by atoms with Crippen molar-refractivity contribution in [2.45, 2.75) is 32.7 Å². The molecule has 0 aliphatic carbocycles. The number of nitrogens with two attached hydrogens (primary N) is 1. The molecule has 0 bridgehead atoms. The second kappa shape index (κ2) is 5.76. The number of nitrogens with zero attached hydrogens (tertiary/aromatic N) is 2. The van der Waals surface area contributed by atoms with Crippen molar-refractivity contribution < 1.29 is 9.47 Å². The van der Waals surface area contributed by atoms with Crippen LogP contribution < -0.4 is 15.2 Å². The first kappa shape index (κ1) is 14.7. The Morgan fingerprint density at radius 2 is 2.00 bits per heavy atom. The lowest BCUT2D eigenvalue weighted by Gasteiger charge is -2.12. The maximum atomic E-state index is 5.75. The van der Waals surface area contributed by atoms with E-state index in [0.717, 1.165) is 11.4 Å². The quantitative estimate of drug-likeness (QED) is 0.938. The summed E-state index contributed by atoms with van der Waals surface area (Å²) in [6.45, 7) is 6.66. The molecule has 0 spiro atoms. The molecule has 0 fully saturated rings. The van der Waals surface area contributed by atoms with Gasteiger partial charge in [-0.15, -0.1) is 0 Å².